The molecule has 1 aromatic carbocycles. The average Bonchev–Trinajstić information content (AvgIpc) is 2.69. The largest absolute Gasteiger partial charge is 0.478 e. The molecule has 1 atom stereocenters. The third kappa shape index (κ3) is 5.83. The maximum Gasteiger partial charge on any atom is 0.358 e. The van der Waals surface area contributed by atoms with Gasteiger partial charge in [0.2, 0.25) is 10.3 Å². The Balaban J connectivity index is 0.00000176. The van der Waals surface area contributed by atoms with E-state index >= 15 is 0 Å². The molecule has 0 aromatic heterocycles. The monoisotopic (exact) mass is 401 g/mol. The zero-order valence-electron chi connectivity index (χ0n) is 15.3. The lowest BCUT2D eigenvalue weighted by Gasteiger charge is -2.43. The van der Waals surface area contributed by atoms with Crippen molar-refractivity contribution in [3.63, 3.8) is 0 Å². The number of nitrogens with zero attached hydrogens (tertiary/aromatic N) is 1. The molecular formula is C17H27N3O6S. The Labute approximate surface area is 160 Å². The van der Waals surface area contributed by atoms with E-state index in [0.29, 0.717) is 19.6 Å². The van der Waals surface area contributed by atoms with Crippen LogP contribution in [0, 0.1) is 0 Å². The highest BCUT2D eigenvalue weighted by Gasteiger charge is 2.53. The molecule has 1 fully saturated rings. The molecule has 0 radical (unpaired) electrons. The predicted octanol–water partition coefficient (Wildman–Crippen LogP) is 0.423. The molecular weight excluding hydrogens is 374 g/mol. The second kappa shape index (κ2) is 11.8. The molecule has 152 valence electrons. The van der Waals surface area contributed by atoms with Crippen molar-refractivity contribution >= 4 is 21.3 Å². The first-order valence-corrected chi connectivity index (χ1v) is 9.72. The number of benzene rings is 1. The van der Waals surface area contributed by atoms with Crippen LogP contribution in [0.15, 0.2) is 30.3 Å². The maximum atomic E-state index is 12.2. The van der Waals surface area contributed by atoms with Gasteiger partial charge >= 0.3 is 5.97 Å². The van der Waals surface area contributed by atoms with Crippen molar-refractivity contribution in [2.75, 3.05) is 19.6 Å². The van der Waals surface area contributed by atoms with E-state index in [-0.39, 0.29) is 11.6 Å². The SMILES string of the molecule is CCCCCN1CCNC(=S(=O)=O)C1(OCc1ccccc1)C(=O)O.NO. The molecule has 9 nitrogen and oxygen atoms in total. The van der Waals surface area contributed by atoms with Gasteiger partial charge in [-0.05, 0) is 12.0 Å². The number of aliphatic carboxylic acids is 1. The quantitative estimate of drug-likeness (QED) is 0.277. The van der Waals surface area contributed by atoms with Crippen LogP contribution < -0.4 is 11.2 Å². The van der Waals surface area contributed by atoms with Crippen molar-refractivity contribution in [1.29, 1.82) is 0 Å². The summed E-state index contributed by atoms with van der Waals surface area (Å²) in [4.78, 5) is 13.4. The van der Waals surface area contributed by atoms with Gasteiger partial charge in [0.15, 0.2) is 4.99 Å². The smallest absolute Gasteiger partial charge is 0.358 e. The molecule has 1 unspecified atom stereocenters. The van der Waals surface area contributed by atoms with Crippen molar-refractivity contribution in [3.8, 4) is 0 Å². The normalized spacial score (nSPS) is 19.9. The Morgan fingerprint density at radius 1 is 1.30 bits per heavy atom. The molecule has 10 heteroatoms. The van der Waals surface area contributed by atoms with Gasteiger partial charge in [0.05, 0.1) is 6.61 Å². The van der Waals surface area contributed by atoms with Gasteiger partial charge in [-0.3, -0.25) is 10.2 Å². The number of carboxylic acids is 1. The Morgan fingerprint density at radius 3 is 2.52 bits per heavy atom. The topological polar surface area (TPSA) is 142 Å². The van der Waals surface area contributed by atoms with E-state index in [1.54, 1.807) is 17.0 Å². The molecule has 0 aliphatic carbocycles. The van der Waals surface area contributed by atoms with E-state index in [1.807, 2.05) is 18.2 Å². The van der Waals surface area contributed by atoms with Gasteiger partial charge < -0.3 is 15.1 Å². The predicted molar refractivity (Wildman–Crippen MR) is 101 cm³/mol. The van der Waals surface area contributed by atoms with E-state index in [4.69, 9.17) is 9.94 Å². The number of hydrogen-bond acceptors (Lipinski definition) is 7. The highest BCUT2D eigenvalue weighted by Crippen LogP contribution is 2.24. The highest BCUT2D eigenvalue weighted by atomic mass is 32.2. The van der Waals surface area contributed by atoms with Crippen molar-refractivity contribution in [3.05, 3.63) is 35.9 Å². The Kier molecular flexibility index (Phi) is 10.1. The number of carbonyl (C=O) groups is 1. The van der Waals surface area contributed by atoms with Gasteiger partial charge in [-0.25, -0.2) is 10.7 Å². The van der Waals surface area contributed by atoms with E-state index < -0.39 is 22.0 Å². The minimum absolute atomic E-state index is 0.000201. The number of rotatable bonds is 8. The first kappa shape index (κ1) is 23.2. The fraction of sp³-hybridized carbons (Fsp3) is 0.529. The second-order valence-corrected chi connectivity index (χ2v) is 6.79. The summed E-state index contributed by atoms with van der Waals surface area (Å²) < 4.78 is 29.2. The molecule has 0 amide bonds. The third-order valence-electron chi connectivity index (χ3n) is 4.20. The van der Waals surface area contributed by atoms with Gasteiger partial charge in [0.25, 0.3) is 5.72 Å². The minimum atomic E-state index is -2.72. The molecule has 27 heavy (non-hydrogen) atoms. The molecule has 1 aliphatic rings. The zero-order chi connectivity index (χ0) is 20.3. The van der Waals surface area contributed by atoms with E-state index in [1.165, 1.54) is 0 Å². The number of piperazine rings is 1. The maximum absolute atomic E-state index is 12.2. The molecule has 1 heterocycles. The van der Waals surface area contributed by atoms with Crippen LogP contribution in [0.1, 0.15) is 31.7 Å². The average molecular weight is 401 g/mol. The molecule has 0 bridgehead atoms. The molecule has 5 N–H and O–H groups in total. The van der Waals surface area contributed by atoms with Crippen LogP contribution in [-0.2, 0) is 26.4 Å². The van der Waals surface area contributed by atoms with Crippen LogP contribution in [0.3, 0.4) is 0 Å². The van der Waals surface area contributed by atoms with Crippen LogP contribution >= 0.6 is 0 Å². The minimum Gasteiger partial charge on any atom is -0.478 e. The summed E-state index contributed by atoms with van der Waals surface area (Å²) in [5.74, 6) is 2.17. The molecule has 1 saturated heterocycles. The van der Waals surface area contributed by atoms with Crippen LogP contribution in [0.25, 0.3) is 0 Å². The number of nitrogens with one attached hydrogen (secondary N) is 1. The van der Waals surface area contributed by atoms with E-state index in [0.717, 1.165) is 24.8 Å². The Bertz CT molecular complexity index is 717. The molecule has 1 aromatic rings. The van der Waals surface area contributed by atoms with Crippen LogP contribution in [0.5, 0.6) is 0 Å². The van der Waals surface area contributed by atoms with Crippen molar-refractivity contribution in [1.82, 2.24) is 10.2 Å². The first-order valence-electron chi connectivity index (χ1n) is 8.65. The second-order valence-electron chi connectivity index (χ2n) is 5.91. The van der Waals surface area contributed by atoms with Gasteiger partial charge in [-0.2, -0.15) is 8.42 Å². The summed E-state index contributed by atoms with van der Waals surface area (Å²) in [5, 5.41) is 19.1. The number of hydrogen-bond donors (Lipinski definition) is 4. The number of nitrogens with two attached hydrogens (primary N) is 1. The first-order chi connectivity index (χ1) is 13.0. The lowest BCUT2D eigenvalue weighted by atomic mass is 10.1. The van der Waals surface area contributed by atoms with Crippen molar-refractivity contribution in [2.24, 2.45) is 5.90 Å². The lowest BCUT2D eigenvalue weighted by Crippen LogP contribution is -2.70. The fourth-order valence-electron chi connectivity index (χ4n) is 2.93. The van der Waals surface area contributed by atoms with E-state index in [2.05, 4.69) is 18.1 Å². The molecule has 2 rings (SSSR count). The molecule has 1 aliphatic heterocycles. The number of carboxylic acid groups (broad SMARTS) is 1. The Morgan fingerprint density at radius 2 is 1.96 bits per heavy atom. The van der Waals surface area contributed by atoms with Crippen molar-refractivity contribution in [2.45, 2.75) is 38.5 Å². The van der Waals surface area contributed by atoms with Gasteiger partial charge in [0, 0.05) is 19.6 Å². The van der Waals surface area contributed by atoms with Gasteiger partial charge in [-0.15, -0.1) is 0 Å². The molecule has 0 saturated carbocycles. The van der Waals surface area contributed by atoms with Crippen molar-refractivity contribution < 1.29 is 28.3 Å². The molecule has 0 spiro atoms. The fourth-order valence-corrected chi connectivity index (χ4v) is 3.65. The third-order valence-corrected chi connectivity index (χ3v) is 4.95. The summed E-state index contributed by atoms with van der Waals surface area (Å²) in [6.45, 7) is 3.26. The van der Waals surface area contributed by atoms with Gasteiger partial charge in [0.1, 0.15) is 0 Å². The van der Waals surface area contributed by atoms with Crippen LogP contribution in [0.4, 0.5) is 0 Å². The highest BCUT2D eigenvalue weighted by molar-refractivity contribution is 7.73. The van der Waals surface area contributed by atoms with Crippen LogP contribution in [0.2, 0.25) is 0 Å². The summed E-state index contributed by atoms with van der Waals surface area (Å²) in [5.41, 5.74) is -1.24. The number of ether oxygens (including phenoxy) is 1. The number of unbranched alkanes of at least 4 members (excludes halogenated alkanes) is 2. The summed E-state index contributed by atoms with van der Waals surface area (Å²) >= 11 is 0. The lowest BCUT2D eigenvalue weighted by molar-refractivity contribution is -0.183. The Hall–Kier alpha value is -1.82. The summed E-state index contributed by atoms with van der Waals surface area (Å²) in [6, 6.07) is 9.10. The van der Waals surface area contributed by atoms with Gasteiger partial charge in [-0.1, -0.05) is 50.1 Å². The summed E-state index contributed by atoms with van der Waals surface area (Å²) in [6.07, 6.45) is 2.70. The summed E-state index contributed by atoms with van der Waals surface area (Å²) in [7, 11) is -2.72. The van der Waals surface area contributed by atoms with Crippen LogP contribution in [-0.4, -0.2) is 59.9 Å². The zero-order valence-corrected chi connectivity index (χ0v) is 16.1. The van der Waals surface area contributed by atoms with E-state index in [9.17, 15) is 18.3 Å². The standard InChI is InChI=1S/C17H24N2O5S.H3NO/c1-2-3-7-11-19-12-10-18-15(25(22)23)17(19,16(20)21)24-13-14-8-5-4-6-9-14;1-2/h4-6,8-9,18H,2-3,7,10-13H2,1H3,(H,20,21);2H,1H2.